The highest BCUT2D eigenvalue weighted by atomic mass is 16.3. The minimum Gasteiger partial charge on any atom is -0.379 e. The SMILES string of the molecule is CN(C)CC#CCC(O)(c1ccccc1)c1ccc(-c2ccccc2)cc1. The van der Waals surface area contributed by atoms with Crippen LogP contribution in [0.3, 0.4) is 0 Å². The van der Waals surface area contributed by atoms with Gasteiger partial charge in [-0.15, -0.1) is 0 Å². The van der Waals surface area contributed by atoms with Gasteiger partial charge in [-0.1, -0.05) is 96.8 Å². The molecule has 0 aliphatic rings. The van der Waals surface area contributed by atoms with E-state index >= 15 is 0 Å². The van der Waals surface area contributed by atoms with Crippen LogP contribution in [0.2, 0.25) is 0 Å². The van der Waals surface area contributed by atoms with Gasteiger partial charge in [0.05, 0.1) is 6.54 Å². The molecular formula is C25H25NO. The second-order valence-corrected chi connectivity index (χ2v) is 6.94. The van der Waals surface area contributed by atoms with E-state index in [4.69, 9.17) is 0 Å². The van der Waals surface area contributed by atoms with Gasteiger partial charge >= 0.3 is 0 Å². The van der Waals surface area contributed by atoms with E-state index in [0.717, 1.165) is 22.3 Å². The average Bonchev–Trinajstić information content (AvgIpc) is 2.72. The molecule has 1 unspecified atom stereocenters. The van der Waals surface area contributed by atoms with E-state index in [1.165, 1.54) is 0 Å². The van der Waals surface area contributed by atoms with Gasteiger partial charge in [-0.05, 0) is 36.3 Å². The summed E-state index contributed by atoms with van der Waals surface area (Å²) in [6.07, 6.45) is 0.357. The molecule has 0 amide bonds. The highest BCUT2D eigenvalue weighted by molar-refractivity contribution is 5.64. The van der Waals surface area contributed by atoms with E-state index in [1.807, 2.05) is 79.7 Å². The fraction of sp³-hybridized carbons (Fsp3) is 0.200. The highest BCUT2D eigenvalue weighted by Gasteiger charge is 2.30. The molecule has 1 N–H and O–H groups in total. The Morgan fingerprint density at radius 1 is 0.704 bits per heavy atom. The molecule has 0 saturated carbocycles. The summed E-state index contributed by atoms with van der Waals surface area (Å²) in [7, 11) is 3.97. The van der Waals surface area contributed by atoms with Gasteiger partial charge in [-0.25, -0.2) is 0 Å². The van der Waals surface area contributed by atoms with Crippen LogP contribution in [0.1, 0.15) is 17.5 Å². The average molecular weight is 355 g/mol. The third-order valence-electron chi connectivity index (χ3n) is 4.59. The van der Waals surface area contributed by atoms with Gasteiger partial charge in [-0.3, -0.25) is 4.90 Å². The van der Waals surface area contributed by atoms with Crippen molar-refractivity contribution in [3.05, 3.63) is 96.1 Å². The van der Waals surface area contributed by atoms with Crippen molar-refractivity contribution in [3.8, 4) is 23.0 Å². The molecule has 2 heteroatoms. The topological polar surface area (TPSA) is 23.5 Å². The summed E-state index contributed by atoms with van der Waals surface area (Å²) in [6.45, 7) is 0.678. The van der Waals surface area contributed by atoms with Crippen molar-refractivity contribution < 1.29 is 5.11 Å². The number of rotatable bonds is 5. The monoisotopic (exact) mass is 355 g/mol. The maximum Gasteiger partial charge on any atom is 0.125 e. The van der Waals surface area contributed by atoms with Crippen LogP contribution in [0.15, 0.2) is 84.9 Å². The maximum atomic E-state index is 11.6. The first-order chi connectivity index (χ1) is 13.1. The van der Waals surface area contributed by atoms with Crippen molar-refractivity contribution in [3.63, 3.8) is 0 Å². The third-order valence-corrected chi connectivity index (χ3v) is 4.59. The Balaban J connectivity index is 1.94. The molecule has 0 spiro atoms. The fourth-order valence-corrected chi connectivity index (χ4v) is 3.06. The summed E-state index contributed by atoms with van der Waals surface area (Å²) < 4.78 is 0. The summed E-state index contributed by atoms with van der Waals surface area (Å²) in [4.78, 5) is 2.02. The van der Waals surface area contributed by atoms with Crippen LogP contribution < -0.4 is 0 Å². The van der Waals surface area contributed by atoms with Gasteiger partial charge in [0, 0.05) is 6.42 Å². The van der Waals surface area contributed by atoms with Gasteiger partial charge in [0.25, 0.3) is 0 Å². The Morgan fingerprint density at radius 2 is 1.22 bits per heavy atom. The number of hydrogen-bond acceptors (Lipinski definition) is 2. The lowest BCUT2D eigenvalue weighted by Gasteiger charge is -2.27. The molecular weight excluding hydrogens is 330 g/mol. The zero-order chi connectivity index (χ0) is 19.1. The summed E-state index contributed by atoms with van der Waals surface area (Å²) in [5.74, 6) is 6.29. The standard InChI is InChI=1S/C25H25NO/c1-26(2)20-10-9-19-25(27,23-13-7-4-8-14-23)24-17-15-22(16-18-24)21-11-5-3-6-12-21/h3-8,11-18,27H,19-20H2,1-2H3. The van der Waals surface area contributed by atoms with Crippen LogP contribution in [0.4, 0.5) is 0 Å². The summed E-state index contributed by atoms with van der Waals surface area (Å²) >= 11 is 0. The van der Waals surface area contributed by atoms with E-state index in [2.05, 4.69) is 36.1 Å². The van der Waals surface area contributed by atoms with Crippen molar-refractivity contribution in [2.75, 3.05) is 20.6 Å². The molecule has 0 radical (unpaired) electrons. The number of nitrogens with zero attached hydrogens (tertiary/aromatic N) is 1. The van der Waals surface area contributed by atoms with Crippen molar-refractivity contribution in [2.24, 2.45) is 0 Å². The molecule has 136 valence electrons. The first-order valence-electron chi connectivity index (χ1n) is 9.14. The Bertz CT molecular complexity index is 905. The molecule has 0 aromatic heterocycles. The zero-order valence-electron chi connectivity index (χ0n) is 15.9. The highest BCUT2D eigenvalue weighted by Crippen LogP contribution is 2.34. The van der Waals surface area contributed by atoms with Gasteiger partial charge < -0.3 is 5.11 Å². The second-order valence-electron chi connectivity index (χ2n) is 6.94. The largest absolute Gasteiger partial charge is 0.379 e. The van der Waals surface area contributed by atoms with Crippen LogP contribution >= 0.6 is 0 Å². The molecule has 0 fully saturated rings. The number of hydrogen-bond donors (Lipinski definition) is 1. The molecule has 3 aromatic carbocycles. The third kappa shape index (κ3) is 4.65. The van der Waals surface area contributed by atoms with Crippen LogP contribution in [0.25, 0.3) is 11.1 Å². The van der Waals surface area contributed by atoms with Gasteiger partial charge in [0.2, 0.25) is 0 Å². The molecule has 0 saturated heterocycles. The Labute approximate surface area is 162 Å². The summed E-state index contributed by atoms with van der Waals surface area (Å²) in [6, 6.07) is 28.2. The van der Waals surface area contributed by atoms with Crippen molar-refractivity contribution in [2.45, 2.75) is 12.0 Å². The molecule has 3 rings (SSSR count). The van der Waals surface area contributed by atoms with Gasteiger partial charge in [0.1, 0.15) is 5.60 Å². The van der Waals surface area contributed by atoms with Crippen LogP contribution in [0, 0.1) is 11.8 Å². The Hall–Kier alpha value is -2.86. The first-order valence-corrected chi connectivity index (χ1v) is 9.14. The lowest BCUT2D eigenvalue weighted by Crippen LogP contribution is -2.26. The Kier molecular flexibility index (Phi) is 6.08. The quantitative estimate of drug-likeness (QED) is 0.679. The Morgan fingerprint density at radius 3 is 1.81 bits per heavy atom. The summed E-state index contributed by atoms with van der Waals surface area (Å²) in [5, 5.41) is 11.6. The fourth-order valence-electron chi connectivity index (χ4n) is 3.06. The predicted molar refractivity (Wildman–Crippen MR) is 112 cm³/mol. The molecule has 1 atom stereocenters. The molecule has 0 bridgehead atoms. The van der Waals surface area contributed by atoms with Crippen LogP contribution in [-0.2, 0) is 5.60 Å². The lowest BCUT2D eigenvalue weighted by atomic mass is 9.83. The van der Waals surface area contributed by atoms with Crippen molar-refractivity contribution >= 4 is 0 Å². The minimum absolute atomic E-state index is 0.357. The van der Waals surface area contributed by atoms with Gasteiger partial charge in [-0.2, -0.15) is 0 Å². The molecule has 0 aliphatic carbocycles. The van der Waals surface area contributed by atoms with E-state index < -0.39 is 5.60 Å². The number of aliphatic hydroxyl groups is 1. The number of benzene rings is 3. The van der Waals surface area contributed by atoms with E-state index in [1.54, 1.807) is 0 Å². The molecule has 0 aliphatic heterocycles. The van der Waals surface area contributed by atoms with Crippen LogP contribution in [-0.4, -0.2) is 30.6 Å². The second kappa shape index (κ2) is 8.68. The molecule has 27 heavy (non-hydrogen) atoms. The molecule has 0 heterocycles. The predicted octanol–water partition coefficient (Wildman–Crippen LogP) is 4.54. The minimum atomic E-state index is -1.13. The molecule has 3 aromatic rings. The smallest absolute Gasteiger partial charge is 0.125 e. The normalized spacial score (nSPS) is 12.9. The summed E-state index contributed by atoms with van der Waals surface area (Å²) in [5.41, 5.74) is 2.88. The van der Waals surface area contributed by atoms with Crippen molar-refractivity contribution in [1.82, 2.24) is 4.90 Å². The zero-order valence-corrected chi connectivity index (χ0v) is 15.9. The van der Waals surface area contributed by atoms with E-state index in [-0.39, 0.29) is 0 Å². The molecule has 2 nitrogen and oxygen atoms in total. The van der Waals surface area contributed by atoms with E-state index in [0.29, 0.717) is 13.0 Å². The van der Waals surface area contributed by atoms with Crippen molar-refractivity contribution in [1.29, 1.82) is 0 Å². The van der Waals surface area contributed by atoms with E-state index in [9.17, 15) is 5.11 Å². The lowest BCUT2D eigenvalue weighted by molar-refractivity contribution is 0.0865. The maximum absolute atomic E-state index is 11.6. The van der Waals surface area contributed by atoms with Crippen LogP contribution in [0.5, 0.6) is 0 Å². The first kappa shape index (κ1) is 18.9. The van der Waals surface area contributed by atoms with Gasteiger partial charge in [0.15, 0.2) is 0 Å².